The molecule has 0 aromatic heterocycles. The van der Waals surface area contributed by atoms with Crippen LogP contribution in [0.3, 0.4) is 0 Å². The lowest BCUT2D eigenvalue weighted by atomic mass is 9.93. The molecule has 1 nitrogen and oxygen atoms in total. The van der Waals surface area contributed by atoms with Gasteiger partial charge in [-0.05, 0) is 44.3 Å². The SMILES string of the molecule is CC1=C(/C=C/C=O)CCCC1. The summed E-state index contributed by atoms with van der Waals surface area (Å²) < 4.78 is 0. The molecule has 1 aliphatic carbocycles. The maximum absolute atomic E-state index is 10.0. The molecule has 1 rings (SSSR count). The zero-order valence-corrected chi connectivity index (χ0v) is 6.97. The monoisotopic (exact) mass is 150 g/mol. The molecule has 0 saturated heterocycles. The number of hydrogen-bond acceptors (Lipinski definition) is 1. The standard InChI is InChI=1S/C10H14O/c1-9-5-2-3-6-10(9)7-4-8-11/h4,7-8H,2-3,5-6H2,1H3/b7-4+. The third kappa shape index (κ3) is 2.34. The Kier molecular flexibility index (Phi) is 3.09. The van der Waals surface area contributed by atoms with Crippen molar-refractivity contribution in [2.75, 3.05) is 0 Å². The van der Waals surface area contributed by atoms with Crippen molar-refractivity contribution in [3.8, 4) is 0 Å². The third-order valence-electron chi connectivity index (χ3n) is 2.17. The summed E-state index contributed by atoms with van der Waals surface area (Å²) in [6, 6.07) is 0. The molecule has 1 aliphatic rings. The average molecular weight is 150 g/mol. The van der Waals surface area contributed by atoms with Crippen LogP contribution in [0, 0.1) is 0 Å². The van der Waals surface area contributed by atoms with Gasteiger partial charge in [0.1, 0.15) is 6.29 Å². The van der Waals surface area contributed by atoms with Crippen molar-refractivity contribution in [3.63, 3.8) is 0 Å². The van der Waals surface area contributed by atoms with Crippen molar-refractivity contribution in [3.05, 3.63) is 23.3 Å². The van der Waals surface area contributed by atoms with E-state index in [4.69, 9.17) is 0 Å². The summed E-state index contributed by atoms with van der Waals surface area (Å²) in [5, 5.41) is 0. The van der Waals surface area contributed by atoms with Gasteiger partial charge in [0, 0.05) is 0 Å². The largest absolute Gasteiger partial charge is 0.299 e. The molecule has 0 unspecified atom stereocenters. The predicted molar refractivity (Wildman–Crippen MR) is 46.4 cm³/mol. The van der Waals surface area contributed by atoms with Crippen LogP contribution in [-0.2, 0) is 4.79 Å². The van der Waals surface area contributed by atoms with E-state index in [9.17, 15) is 4.79 Å². The minimum absolute atomic E-state index is 0.842. The zero-order chi connectivity index (χ0) is 8.10. The minimum atomic E-state index is 0.842. The highest BCUT2D eigenvalue weighted by Gasteiger charge is 2.05. The number of rotatable bonds is 2. The van der Waals surface area contributed by atoms with Gasteiger partial charge in [0.2, 0.25) is 0 Å². The number of hydrogen-bond donors (Lipinski definition) is 0. The second kappa shape index (κ2) is 4.12. The van der Waals surface area contributed by atoms with Gasteiger partial charge in [0.25, 0.3) is 0 Å². The Morgan fingerprint density at radius 1 is 1.27 bits per heavy atom. The molecule has 0 atom stereocenters. The molecule has 0 N–H and O–H groups in total. The van der Waals surface area contributed by atoms with Crippen LogP contribution in [0.5, 0.6) is 0 Å². The molecule has 0 heterocycles. The molecule has 0 aliphatic heterocycles. The summed E-state index contributed by atoms with van der Waals surface area (Å²) in [6.07, 6.45) is 9.31. The van der Waals surface area contributed by atoms with Crippen LogP contribution >= 0.6 is 0 Å². The smallest absolute Gasteiger partial charge is 0.142 e. The van der Waals surface area contributed by atoms with Crippen LogP contribution in [0.25, 0.3) is 0 Å². The molecule has 0 aromatic rings. The molecular formula is C10H14O. The topological polar surface area (TPSA) is 17.1 Å². The van der Waals surface area contributed by atoms with Crippen molar-refractivity contribution < 1.29 is 4.79 Å². The Bertz CT molecular complexity index is 199. The Hall–Kier alpha value is -0.850. The predicted octanol–water partition coefficient (Wildman–Crippen LogP) is 2.63. The number of aldehydes is 1. The summed E-state index contributed by atoms with van der Waals surface area (Å²) in [5.74, 6) is 0. The first kappa shape index (κ1) is 8.25. The summed E-state index contributed by atoms with van der Waals surface area (Å²) in [7, 11) is 0. The van der Waals surface area contributed by atoms with Crippen molar-refractivity contribution in [1.82, 2.24) is 0 Å². The first-order valence-corrected chi connectivity index (χ1v) is 4.15. The highest BCUT2D eigenvalue weighted by Crippen LogP contribution is 2.24. The molecule has 1 heteroatoms. The van der Waals surface area contributed by atoms with E-state index in [1.54, 1.807) is 6.08 Å². The van der Waals surface area contributed by atoms with E-state index < -0.39 is 0 Å². The highest BCUT2D eigenvalue weighted by molar-refractivity contribution is 5.66. The Balaban J connectivity index is 2.66. The van der Waals surface area contributed by atoms with E-state index in [0.717, 1.165) is 12.7 Å². The molecule has 11 heavy (non-hydrogen) atoms. The first-order valence-electron chi connectivity index (χ1n) is 4.15. The third-order valence-corrected chi connectivity index (χ3v) is 2.17. The maximum Gasteiger partial charge on any atom is 0.142 e. The van der Waals surface area contributed by atoms with Crippen molar-refractivity contribution >= 4 is 6.29 Å². The van der Waals surface area contributed by atoms with Crippen LogP contribution in [-0.4, -0.2) is 6.29 Å². The first-order chi connectivity index (χ1) is 5.34. The molecule has 0 amide bonds. The summed E-state index contributed by atoms with van der Waals surface area (Å²) >= 11 is 0. The lowest BCUT2D eigenvalue weighted by Crippen LogP contribution is -1.94. The van der Waals surface area contributed by atoms with E-state index in [0.29, 0.717) is 0 Å². The molecule has 0 saturated carbocycles. The van der Waals surface area contributed by atoms with Crippen molar-refractivity contribution in [2.24, 2.45) is 0 Å². The van der Waals surface area contributed by atoms with Crippen LogP contribution < -0.4 is 0 Å². The highest BCUT2D eigenvalue weighted by atomic mass is 16.1. The van der Waals surface area contributed by atoms with E-state index in [1.165, 1.54) is 30.4 Å². The fourth-order valence-electron chi connectivity index (χ4n) is 1.46. The van der Waals surface area contributed by atoms with E-state index in [1.807, 2.05) is 6.08 Å². The Morgan fingerprint density at radius 3 is 2.64 bits per heavy atom. The number of carbonyl (C=O) groups is 1. The van der Waals surface area contributed by atoms with E-state index in [2.05, 4.69) is 6.92 Å². The number of allylic oxidation sites excluding steroid dienone is 4. The van der Waals surface area contributed by atoms with Gasteiger partial charge in [-0.15, -0.1) is 0 Å². The van der Waals surface area contributed by atoms with E-state index >= 15 is 0 Å². The Morgan fingerprint density at radius 2 is 2.00 bits per heavy atom. The molecular weight excluding hydrogens is 136 g/mol. The molecule has 0 bridgehead atoms. The molecule has 0 radical (unpaired) electrons. The van der Waals surface area contributed by atoms with Gasteiger partial charge in [0.05, 0.1) is 0 Å². The van der Waals surface area contributed by atoms with Crippen LogP contribution in [0.4, 0.5) is 0 Å². The average Bonchev–Trinajstić information content (AvgIpc) is 2.03. The zero-order valence-electron chi connectivity index (χ0n) is 6.97. The van der Waals surface area contributed by atoms with Gasteiger partial charge in [-0.2, -0.15) is 0 Å². The van der Waals surface area contributed by atoms with Gasteiger partial charge in [-0.1, -0.05) is 11.6 Å². The normalized spacial score (nSPS) is 19.4. The molecule has 0 spiro atoms. The summed E-state index contributed by atoms with van der Waals surface area (Å²) in [5.41, 5.74) is 2.82. The number of carbonyl (C=O) groups excluding carboxylic acids is 1. The van der Waals surface area contributed by atoms with Gasteiger partial charge in [0.15, 0.2) is 0 Å². The van der Waals surface area contributed by atoms with Crippen LogP contribution in [0.2, 0.25) is 0 Å². The van der Waals surface area contributed by atoms with Crippen LogP contribution in [0.15, 0.2) is 23.3 Å². The lowest BCUT2D eigenvalue weighted by molar-refractivity contribution is -0.104. The molecule has 0 aromatic carbocycles. The fourth-order valence-corrected chi connectivity index (χ4v) is 1.46. The summed E-state index contributed by atoms with van der Waals surface area (Å²) in [4.78, 5) is 10.0. The maximum atomic E-state index is 10.0. The van der Waals surface area contributed by atoms with Gasteiger partial charge in [-0.3, -0.25) is 4.79 Å². The molecule has 0 fully saturated rings. The second-order valence-electron chi connectivity index (χ2n) is 3.01. The van der Waals surface area contributed by atoms with Crippen LogP contribution in [0.1, 0.15) is 32.6 Å². The second-order valence-corrected chi connectivity index (χ2v) is 3.01. The quantitative estimate of drug-likeness (QED) is 0.437. The lowest BCUT2D eigenvalue weighted by Gasteiger charge is -2.13. The fraction of sp³-hybridized carbons (Fsp3) is 0.500. The van der Waals surface area contributed by atoms with Crippen molar-refractivity contribution in [1.29, 1.82) is 0 Å². The van der Waals surface area contributed by atoms with Crippen molar-refractivity contribution in [2.45, 2.75) is 32.6 Å². The molecule has 60 valence electrons. The van der Waals surface area contributed by atoms with Gasteiger partial charge >= 0.3 is 0 Å². The van der Waals surface area contributed by atoms with E-state index in [-0.39, 0.29) is 0 Å². The van der Waals surface area contributed by atoms with Gasteiger partial charge in [-0.25, -0.2) is 0 Å². The summed E-state index contributed by atoms with van der Waals surface area (Å²) in [6.45, 7) is 2.16. The minimum Gasteiger partial charge on any atom is -0.299 e. The van der Waals surface area contributed by atoms with Gasteiger partial charge < -0.3 is 0 Å². The Labute approximate surface area is 67.8 Å².